The largest absolute Gasteiger partial charge is 0.497 e. The quantitative estimate of drug-likeness (QED) is 0.502. The maximum atomic E-state index is 5.58. The Morgan fingerprint density at radius 3 is 2.35 bits per heavy atom. The van der Waals surface area contributed by atoms with Gasteiger partial charge in [-0.05, 0) is 30.5 Å². The van der Waals surface area contributed by atoms with E-state index in [0.29, 0.717) is 6.61 Å². The molecule has 0 aliphatic carbocycles. The van der Waals surface area contributed by atoms with Crippen molar-refractivity contribution in [1.29, 1.82) is 0 Å². The van der Waals surface area contributed by atoms with Gasteiger partial charge in [-0.25, -0.2) is 0 Å². The number of rotatable bonds is 8. The van der Waals surface area contributed by atoms with Gasteiger partial charge >= 0.3 is 0 Å². The second-order valence-electron chi connectivity index (χ2n) is 3.65. The van der Waals surface area contributed by atoms with Crippen LogP contribution >= 0.6 is 32.9 Å². The van der Waals surface area contributed by atoms with Gasteiger partial charge in [0.2, 0.25) is 0 Å². The van der Waals surface area contributed by atoms with E-state index >= 15 is 0 Å². The van der Waals surface area contributed by atoms with E-state index in [1.807, 2.05) is 24.3 Å². The third-order valence-corrected chi connectivity index (χ3v) is 2.91. The minimum atomic E-state index is 0. The minimum Gasteiger partial charge on any atom is -0.497 e. The third-order valence-electron chi connectivity index (χ3n) is 2.35. The molecule has 2 nitrogen and oxygen atoms in total. The van der Waals surface area contributed by atoms with E-state index in [1.165, 1.54) is 18.4 Å². The molecule has 0 bridgehead atoms. The lowest BCUT2D eigenvalue weighted by Gasteiger charge is -2.05. The molecule has 0 radical (unpaired) electrons. The highest BCUT2D eigenvalue weighted by molar-refractivity contribution is 9.09. The van der Waals surface area contributed by atoms with E-state index in [4.69, 9.17) is 9.47 Å². The highest BCUT2D eigenvalue weighted by Gasteiger charge is 1.95. The van der Waals surface area contributed by atoms with Gasteiger partial charge in [0.25, 0.3) is 0 Å². The van der Waals surface area contributed by atoms with Gasteiger partial charge in [0, 0.05) is 11.9 Å². The summed E-state index contributed by atoms with van der Waals surface area (Å²) in [6, 6.07) is 8.00. The molecule has 0 aromatic heterocycles. The second kappa shape index (κ2) is 11.1. The molecule has 1 aromatic carbocycles. The number of benzene rings is 1. The first-order valence-electron chi connectivity index (χ1n) is 5.63. The van der Waals surface area contributed by atoms with Gasteiger partial charge in [-0.1, -0.05) is 34.5 Å². The number of halogens is 2. The van der Waals surface area contributed by atoms with Crippen molar-refractivity contribution in [3.05, 3.63) is 29.8 Å². The van der Waals surface area contributed by atoms with E-state index in [9.17, 15) is 0 Å². The normalized spacial score (nSPS) is 9.76. The molecule has 4 heteroatoms. The Morgan fingerprint density at radius 1 is 1.06 bits per heavy atom. The molecule has 0 atom stereocenters. The Balaban J connectivity index is 0.00000256. The monoisotopic (exact) mass is 366 g/mol. The molecule has 0 saturated heterocycles. The molecule has 1 rings (SSSR count). The molecule has 0 saturated carbocycles. The van der Waals surface area contributed by atoms with E-state index < -0.39 is 0 Å². The molecule has 0 spiro atoms. The summed E-state index contributed by atoms with van der Waals surface area (Å²) >= 11 is 3.42. The van der Waals surface area contributed by atoms with Gasteiger partial charge in [0.15, 0.2) is 0 Å². The van der Waals surface area contributed by atoms with Crippen LogP contribution in [0.2, 0.25) is 0 Å². The standard InChI is InChI=1S/C13H19BrO2.BrH/c1-15-13-7-5-12(6-8-13)11-16-10-4-2-3-9-14;/h5-8H,2-4,9-11H2,1H3;1H. The molecule has 17 heavy (non-hydrogen) atoms. The van der Waals surface area contributed by atoms with Crippen LogP contribution < -0.4 is 4.74 Å². The summed E-state index contributed by atoms with van der Waals surface area (Å²) in [5.74, 6) is 0.890. The first-order valence-corrected chi connectivity index (χ1v) is 6.75. The van der Waals surface area contributed by atoms with Crippen molar-refractivity contribution in [2.75, 3.05) is 19.0 Å². The van der Waals surface area contributed by atoms with Crippen molar-refractivity contribution in [3.8, 4) is 5.75 Å². The molecular formula is C13H20Br2O2. The van der Waals surface area contributed by atoms with Gasteiger partial charge in [0.1, 0.15) is 5.75 Å². The van der Waals surface area contributed by atoms with Crippen molar-refractivity contribution < 1.29 is 9.47 Å². The van der Waals surface area contributed by atoms with Gasteiger partial charge in [0.05, 0.1) is 13.7 Å². The van der Waals surface area contributed by atoms with Crippen molar-refractivity contribution in [2.24, 2.45) is 0 Å². The summed E-state index contributed by atoms with van der Waals surface area (Å²) in [5.41, 5.74) is 1.20. The molecule has 0 N–H and O–H groups in total. The number of ether oxygens (including phenoxy) is 2. The highest BCUT2D eigenvalue weighted by Crippen LogP contribution is 2.12. The minimum absolute atomic E-state index is 0. The summed E-state index contributed by atoms with van der Waals surface area (Å²) in [5, 5.41) is 1.09. The zero-order valence-corrected chi connectivity index (χ0v) is 13.5. The highest BCUT2D eigenvalue weighted by atomic mass is 79.9. The third kappa shape index (κ3) is 7.79. The Hall–Kier alpha value is -0.0600. The maximum absolute atomic E-state index is 5.58. The lowest BCUT2D eigenvalue weighted by Crippen LogP contribution is -1.96. The topological polar surface area (TPSA) is 18.5 Å². The average Bonchev–Trinajstić information content (AvgIpc) is 2.34. The second-order valence-corrected chi connectivity index (χ2v) is 4.44. The van der Waals surface area contributed by atoms with Gasteiger partial charge < -0.3 is 9.47 Å². The van der Waals surface area contributed by atoms with Crippen LogP contribution in [-0.2, 0) is 11.3 Å². The zero-order chi connectivity index (χ0) is 11.6. The summed E-state index contributed by atoms with van der Waals surface area (Å²) in [7, 11) is 1.68. The Morgan fingerprint density at radius 2 is 1.76 bits per heavy atom. The fourth-order valence-corrected chi connectivity index (χ4v) is 1.78. The predicted molar refractivity (Wildman–Crippen MR) is 80.6 cm³/mol. The number of unbranched alkanes of at least 4 members (excludes halogenated alkanes) is 2. The smallest absolute Gasteiger partial charge is 0.118 e. The van der Waals surface area contributed by atoms with E-state index in [1.54, 1.807) is 7.11 Å². The predicted octanol–water partition coefficient (Wildman–Crippen LogP) is 4.35. The van der Waals surface area contributed by atoms with Gasteiger partial charge in [-0.3, -0.25) is 0 Å². The maximum Gasteiger partial charge on any atom is 0.118 e. The van der Waals surface area contributed by atoms with Crippen molar-refractivity contribution in [3.63, 3.8) is 0 Å². The van der Waals surface area contributed by atoms with Crippen LogP contribution in [0.1, 0.15) is 24.8 Å². The fraction of sp³-hybridized carbons (Fsp3) is 0.538. The Labute approximate surface area is 123 Å². The summed E-state index contributed by atoms with van der Waals surface area (Å²) in [6.45, 7) is 1.54. The van der Waals surface area contributed by atoms with Crippen LogP contribution in [0.15, 0.2) is 24.3 Å². The van der Waals surface area contributed by atoms with Crippen molar-refractivity contribution in [1.82, 2.24) is 0 Å². The molecule has 0 aliphatic rings. The van der Waals surface area contributed by atoms with Gasteiger partial charge in [-0.2, -0.15) is 0 Å². The lowest BCUT2D eigenvalue weighted by atomic mass is 10.2. The summed E-state index contributed by atoms with van der Waals surface area (Å²) < 4.78 is 10.7. The molecule has 1 aromatic rings. The first-order chi connectivity index (χ1) is 7.86. The van der Waals surface area contributed by atoms with Crippen LogP contribution in [0.25, 0.3) is 0 Å². The molecule has 98 valence electrons. The number of methoxy groups -OCH3 is 1. The van der Waals surface area contributed by atoms with E-state index in [2.05, 4.69) is 15.9 Å². The number of alkyl halides is 1. The molecule has 0 aliphatic heterocycles. The van der Waals surface area contributed by atoms with Crippen LogP contribution in [0.3, 0.4) is 0 Å². The summed E-state index contributed by atoms with van der Waals surface area (Å²) in [6.07, 6.45) is 3.60. The van der Waals surface area contributed by atoms with E-state index in [0.717, 1.165) is 24.1 Å². The molecular weight excluding hydrogens is 348 g/mol. The van der Waals surface area contributed by atoms with Crippen LogP contribution in [0.4, 0.5) is 0 Å². The molecule has 0 fully saturated rings. The van der Waals surface area contributed by atoms with Crippen molar-refractivity contribution >= 4 is 32.9 Å². The zero-order valence-electron chi connectivity index (χ0n) is 10.2. The van der Waals surface area contributed by atoms with Gasteiger partial charge in [-0.15, -0.1) is 17.0 Å². The summed E-state index contributed by atoms with van der Waals surface area (Å²) in [4.78, 5) is 0. The van der Waals surface area contributed by atoms with Crippen molar-refractivity contribution in [2.45, 2.75) is 25.9 Å². The van der Waals surface area contributed by atoms with Crippen LogP contribution in [-0.4, -0.2) is 19.0 Å². The average molecular weight is 368 g/mol. The van der Waals surface area contributed by atoms with Crippen LogP contribution in [0, 0.1) is 0 Å². The number of hydrogen-bond donors (Lipinski definition) is 0. The molecule has 0 heterocycles. The van der Waals surface area contributed by atoms with Crippen LogP contribution in [0.5, 0.6) is 5.75 Å². The number of hydrogen-bond acceptors (Lipinski definition) is 2. The lowest BCUT2D eigenvalue weighted by molar-refractivity contribution is 0.117. The SMILES string of the molecule is Br.COc1ccc(COCCCCCBr)cc1. The Bertz CT molecular complexity index is 275. The fourth-order valence-electron chi connectivity index (χ4n) is 1.39. The molecule has 0 unspecified atom stereocenters. The molecule has 0 amide bonds. The first kappa shape index (κ1) is 16.9. The van der Waals surface area contributed by atoms with E-state index in [-0.39, 0.29) is 17.0 Å². The Kier molecular flexibility index (Phi) is 11.0.